The first-order valence-corrected chi connectivity index (χ1v) is 18.7. The second-order valence-corrected chi connectivity index (χ2v) is 13.5. The zero-order valence-corrected chi connectivity index (χ0v) is 30.6. The van der Waals surface area contributed by atoms with Gasteiger partial charge < -0.3 is 0 Å². The molecule has 3 aromatic heterocycles. The molecule has 3 heterocycles. The van der Waals surface area contributed by atoms with Gasteiger partial charge in [-0.15, -0.1) is 30.6 Å². The zero-order chi connectivity index (χ0) is 38.0. The van der Waals surface area contributed by atoms with E-state index in [4.69, 9.17) is 30.6 Å². The van der Waals surface area contributed by atoms with Crippen LogP contribution in [0.2, 0.25) is 0 Å². The second-order valence-electron chi connectivity index (χ2n) is 13.5. The average Bonchev–Trinajstić information content (AvgIpc) is 4.06. The molecular weight excluding hydrogens is 703 g/mol. The second kappa shape index (κ2) is 14.7. The standard InChI is InChI=1S/C48H33N9/c1-7-19-34(20-8-1)43-49-50-44(35-21-9-2-10-22-35)55(43)40-31-41(56-45(36-23-11-3-12-24-36)51-52-46(56)37-25-13-4-14-26-37)33-42(32-40)57-47(38-27-15-5-16-28-38)53-54-48(57)39-29-17-6-18-30-39/h1-33H. The number of rotatable bonds is 9. The van der Waals surface area contributed by atoms with E-state index in [-0.39, 0.29) is 0 Å². The zero-order valence-electron chi connectivity index (χ0n) is 30.6. The van der Waals surface area contributed by atoms with E-state index >= 15 is 0 Å². The summed E-state index contributed by atoms with van der Waals surface area (Å²) in [5, 5.41) is 29.0. The van der Waals surface area contributed by atoms with Gasteiger partial charge >= 0.3 is 0 Å². The molecule has 270 valence electrons. The largest absolute Gasteiger partial charge is 0.275 e. The minimum atomic E-state index is 0.697. The molecule has 9 nitrogen and oxygen atoms in total. The molecule has 0 fully saturated rings. The van der Waals surface area contributed by atoms with Crippen molar-refractivity contribution in [1.82, 2.24) is 44.3 Å². The molecule has 0 bridgehead atoms. The van der Waals surface area contributed by atoms with Crippen molar-refractivity contribution >= 4 is 0 Å². The number of benzene rings is 7. The van der Waals surface area contributed by atoms with Crippen molar-refractivity contribution in [3.05, 3.63) is 200 Å². The Labute approximate surface area is 328 Å². The summed E-state index contributed by atoms with van der Waals surface area (Å²) in [7, 11) is 0. The third kappa shape index (κ3) is 6.29. The minimum Gasteiger partial charge on any atom is -0.275 e. The van der Waals surface area contributed by atoms with Crippen LogP contribution in [0.15, 0.2) is 200 Å². The highest BCUT2D eigenvalue weighted by Gasteiger charge is 2.24. The normalized spacial score (nSPS) is 11.2. The molecule has 0 radical (unpaired) electrons. The molecule has 0 aliphatic rings. The van der Waals surface area contributed by atoms with Gasteiger partial charge in [0, 0.05) is 33.4 Å². The van der Waals surface area contributed by atoms with E-state index < -0.39 is 0 Å². The van der Waals surface area contributed by atoms with Gasteiger partial charge in [0.05, 0.1) is 17.1 Å². The Bertz CT molecular complexity index is 2420. The van der Waals surface area contributed by atoms with Crippen molar-refractivity contribution in [1.29, 1.82) is 0 Å². The Balaban J connectivity index is 1.33. The van der Waals surface area contributed by atoms with Crippen molar-refractivity contribution in [2.24, 2.45) is 0 Å². The highest BCUT2D eigenvalue weighted by Crippen LogP contribution is 2.37. The van der Waals surface area contributed by atoms with Gasteiger partial charge in [0.15, 0.2) is 34.9 Å². The lowest BCUT2D eigenvalue weighted by Crippen LogP contribution is -2.08. The highest BCUT2D eigenvalue weighted by molar-refractivity contribution is 5.74. The Morgan fingerprint density at radius 2 is 0.368 bits per heavy atom. The van der Waals surface area contributed by atoms with Crippen molar-refractivity contribution in [3.8, 4) is 85.4 Å². The van der Waals surface area contributed by atoms with E-state index in [2.05, 4.69) is 105 Å². The molecule has 0 spiro atoms. The quantitative estimate of drug-likeness (QED) is 0.147. The van der Waals surface area contributed by atoms with Crippen LogP contribution in [0.4, 0.5) is 0 Å². The summed E-state index contributed by atoms with van der Waals surface area (Å²) in [6.45, 7) is 0. The summed E-state index contributed by atoms with van der Waals surface area (Å²) in [6.07, 6.45) is 0. The molecule has 57 heavy (non-hydrogen) atoms. The van der Waals surface area contributed by atoms with E-state index in [0.717, 1.165) is 50.4 Å². The Morgan fingerprint density at radius 3 is 0.526 bits per heavy atom. The molecule has 0 atom stereocenters. The fraction of sp³-hybridized carbons (Fsp3) is 0. The van der Waals surface area contributed by atoms with Crippen LogP contribution in [0, 0.1) is 0 Å². The van der Waals surface area contributed by atoms with Gasteiger partial charge in [0.25, 0.3) is 0 Å². The molecule has 0 saturated carbocycles. The van der Waals surface area contributed by atoms with Crippen LogP contribution in [0.25, 0.3) is 85.4 Å². The third-order valence-electron chi connectivity index (χ3n) is 9.84. The minimum absolute atomic E-state index is 0.697. The van der Waals surface area contributed by atoms with Crippen molar-refractivity contribution < 1.29 is 0 Å². The van der Waals surface area contributed by atoms with Gasteiger partial charge in [-0.25, -0.2) is 0 Å². The summed E-state index contributed by atoms with van der Waals surface area (Å²) >= 11 is 0. The maximum atomic E-state index is 4.83. The van der Waals surface area contributed by atoms with Gasteiger partial charge in [-0.05, 0) is 18.2 Å². The maximum absolute atomic E-state index is 4.83. The van der Waals surface area contributed by atoms with E-state index in [1.807, 2.05) is 109 Å². The Hall–Kier alpha value is -8.04. The van der Waals surface area contributed by atoms with Crippen molar-refractivity contribution in [3.63, 3.8) is 0 Å². The maximum Gasteiger partial charge on any atom is 0.168 e. The Morgan fingerprint density at radius 1 is 0.211 bits per heavy atom. The highest BCUT2D eigenvalue weighted by atomic mass is 15.3. The molecule has 0 aliphatic heterocycles. The SMILES string of the molecule is c1ccc(-c2nnc(-c3ccccc3)n2-c2cc(-n3c(-c4ccccc4)nnc3-c3ccccc3)cc(-n3c(-c4ccccc4)nnc3-c3ccccc3)c2)cc1. The molecule has 10 aromatic rings. The lowest BCUT2D eigenvalue weighted by Gasteiger charge is -2.19. The van der Waals surface area contributed by atoms with E-state index in [1.165, 1.54) is 0 Å². The molecule has 0 amide bonds. The topological polar surface area (TPSA) is 92.1 Å². The molecule has 0 N–H and O–H groups in total. The fourth-order valence-electron chi connectivity index (χ4n) is 7.20. The number of aromatic nitrogens is 9. The van der Waals surface area contributed by atoms with Gasteiger partial charge in [-0.1, -0.05) is 182 Å². The molecule has 9 heteroatoms. The number of nitrogens with zero attached hydrogens (tertiary/aromatic N) is 9. The van der Waals surface area contributed by atoms with Crippen molar-refractivity contribution in [2.75, 3.05) is 0 Å². The first-order valence-electron chi connectivity index (χ1n) is 18.7. The van der Waals surface area contributed by atoms with Crippen LogP contribution in [-0.4, -0.2) is 44.3 Å². The number of hydrogen-bond acceptors (Lipinski definition) is 6. The summed E-state index contributed by atoms with van der Waals surface area (Å²) in [5.74, 6) is 4.18. The van der Waals surface area contributed by atoms with E-state index in [0.29, 0.717) is 34.9 Å². The lowest BCUT2D eigenvalue weighted by molar-refractivity contribution is 1.01. The van der Waals surface area contributed by atoms with Crippen LogP contribution in [0.3, 0.4) is 0 Å². The predicted octanol–water partition coefficient (Wildman–Crippen LogP) is 10.4. The van der Waals surface area contributed by atoms with E-state index in [9.17, 15) is 0 Å². The molecule has 7 aromatic carbocycles. The van der Waals surface area contributed by atoms with Crippen LogP contribution in [-0.2, 0) is 0 Å². The fourth-order valence-corrected chi connectivity index (χ4v) is 7.20. The van der Waals surface area contributed by atoms with Gasteiger partial charge in [0.2, 0.25) is 0 Å². The summed E-state index contributed by atoms with van der Waals surface area (Å²) in [4.78, 5) is 0. The van der Waals surface area contributed by atoms with Crippen LogP contribution in [0.1, 0.15) is 0 Å². The van der Waals surface area contributed by atoms with E-state index in [1.54, 1.807) is 0 Å². The third-order valence-corrected chi connectivity index (χ3v) is 9.84. The predicted molar refractivity (Wildman–Crippen MR) is 224 cm³/mol. The van der Waals surface area contributed by atoms with Crippen LogP contribution >= 0.6 is 0 Å². The van der Waals surface area contributed by atoms with Crippen LogP contribution < -0.4 is 0 Å². The lowest BCUT2D eigenvalue weighted by atomic mass is 10.1. The smallest absolute Gasteiger partial charge is 0.168 e. The summed E-state index contributed by atoms with van der Waals surface area (Å²) < 4.78 is 6.38. The van der Waals surface area contributed by atoms with Crippen molar-refractivity contribution in [2.45, 2.75) is 0 Å². The molecular formula is C48H33N9. The van der Waals surface area contributed by atoms with Gasteiger partial charge in [0.1, 0.15) is 0 Å². The Kier molecular flexibility index (Phi) is 8.62. The molecule has 0 aliphatic carbocycles. The average molecular weight is 736 g/mol. The summed E-state index contributed by atoms with van der Waals surface area (Å²) in [5.41, 5.74) is 8.04. The van der Waals surface area contributed by atoms with Gasteiger partial charge in [-0.2, -0.15) is 0 Å². The van der Waals surface area contributed by atoms with Gasteiger partial charge in [-0.3, -0.25) is 13.7 Å². The first-order chi connectivity index (χ1) is 28.3. The molecule has 10 rings (SSSR count). The molecule has 0 saturated heterocycles. The number of hydrogen-bond donors (Lipinski definition) is 0. The summed E-state index contributed by atoms with van der Waals surface area (Å²) in [6, 6.07) is 67.4. The first kappa shape index (κ1) is 33.5. The monoisotopic (exact) mass is 735 g/mol. The molecule has 0 unspecified atom stereocenters. The van der Waals surface area contributed by atoms with Crippen LogP contribution in [0.5, 0.6) is 0 Å².